The van der Waals surface area contributed by atoms with Gasteiger partial charge in [-0.25, -0.2) is 19.4 Å². The van der Waals surface area contributed by atoms with Crippen molar-refractivity contribution < 1.29 is 29.0 Å². The third kappa shape index (κ3) is 9.21. The second kappa shape index (κ2) is 12.7. The van der Waals surface area contributed by atoms with Crippen LogP contribution < -0.4 is 21.3 Å². The van der Waals surface area contributed by atoms with Gasteiger partial charge >= 0.3 is 18.1 Å². The molecule has 200 valence electrons. The SMILES string of the molecule is CC(C)(C)OC(=O)NC(Cc1ccc(NC(=O)c2csc(NC(=O)NCc3ccccc3)n2)cc1)C(=O)O. The van der Waals surface area contributed by atoms with Gasteiger partial charge in [-0.15, -0.1) is 11.3 Å². The maximum atomic E-state index is 12.6. The van der Waals surface area contributed by atoms with Crippen molar-refractivity contribution in [2.24, 2.45) is 0 Å². The molecule has 11 nitrogen and oxygen atoms in total. The third-order valence-corrected chi connectivity index (χ3v) is 5.65. The first-order valence-corrected chi connectivity index (χ1v) is 12.5. The molecule has 1 heterocycles. The zero-order valence-electron chi connectivity index (χ0n) is 21.1. The lowest BCUT2D eigenvalue weighted by molar-refractivity contribution is -0.139. The van der Waals surface area contributed by atoms with Crippen molar-refractivity contribution in [1.29, 1.82) is 0 Å². The maximum absolute atomic E-state index is 12.6. The van der Waals surface area contributed by atoms with Crippen LogP contribution in [0.1, 0.15) is 42.4 Å². The molecule has 0 saturated heterocycles. The van der Waals surface area contributed by atoms with Gasteiger partial charge in [0, 0.05) is 24.0 Å². The van der Waals surface area contributed by atoms with Crippen molar-refractivity contribution in [3.63, 3.8) is 0 Å². The van der Waals surface area contributed by atoms with E-state index in [1.807, 2.05) is 30.3 Å². The number of carboxylic acids is 1. The molecule has 1 atom stereocenters. The van der Waals surface area contributed by atoms with E-state index in [1.165, 1.54) is 5.38 Å². The molecule has 5 N–H and O–H groups in total. The number of aliphatic carboxylic acids is 1. The highest BCUT2D eigenvalue weighted by Crippen LogP contribution is 2.18. The Hall–Kier alpha value is -4.45. The number of aromatic nitrogens is 1. The molecule has 0 radical (unpaired) electrons. The highest BCUT2D eigenvalue weighted by molar-refractivity contribution is 7.14. The maximum Gasteiger partial charge on any atom is 0.408 e. The average molecular weight is 540 g/mol. The Kier molecular flexibility index (Phi) is 9.39. The molecular formula is C26H29N5O6S. The standard InChI is InChI=1S/C26H29N5O6S/c1-26(2,3)37-25(36)30-19(22(33)34)13-16-9-11-18(12-10-16)28-21(32)20-15-38-24(29-20)31-23(35)27-14-17-7-5-4-6-8-17/h4-12,15,19H,13-14H2,1-3H3,(H,28,32)(H,30,36)(H,33,34)(H2,27,29,31,35). The molecule has 0 saturated carbocycles. The Labute approximate surface area is 223 Å². The number of nitrogens with zero attached hydrogens (tertiary/aromatic N) is 1. The van der Waals surface area contributed by atoms with Gasteiger partial charge in [-0.2, -0.15) is 0 Å². The van der Waals surface area contributed by atoms with Crippen LogP contribution in [-0.4, -0.2) is 45.7 Å². The van der Waals surface area contributed by atoms with E-state index in [9.17, 15) is 24.3 Å². The normalized spacial score (nSPS) is 11.7. The fourth-order valence-corrected chi connectivity index (χ4v) is 3.85. The van der Waals surface area contributed by atoms with E-state index in [2.05, 4.69) is 26.3 Å². The number of carboxylic acid groups (broad SMARTS) is 1. The van der Waals surface area contributed by atoms with Crippen LogP contribution in [0.5, 0.6) is 0 Å². The fraction of sp³-hybridized carbons (Fsp3) is 0.269. The van der Waals surface area contributed by atoms with E-state index < -0.39 is 35.6 Å². The van der Waals surface area contributed by atoms with Gasteiger partial charge in [0.15, 0.2) is 5.13 Å². The van der Waals surface area contributed by atoms with Crippen LogP contribution in [0.4, 0.5) is 20.4 Å². The number of carbonyl (C=O) groups is 4. The van der Waals surface area contributed by atoms with Crippen LogP contribution in [0.15, 0.2) is 60.0 Å². The van der Waals surface area contributed by atoms with Gasteiger partial charge in [0.1, 0.15) is 17.3 Å². The second-order valence-corrected chi connectivity index (χ2v) is 10.1. The Morgan fingerprint density at radius 1 is 0.974 bits per heavy atom. The third-order valence-electron chi connectivity index (χ3n) is 4.89. The monoisotopic (exact) mass is 539 g/mol. The molecule has 12 heteroatoms. The van der Waals surface area contributed by atoms with Gasteiger partial charge < -0.3 is 25.8 Å². The summed E-state index contributed by atoms with van der Waals surface area (Å²) in [6.45, 7) is 5.40. The minimum Gasteiger partial charge on any atom is -0.480 e. The summed E-state index contributed by atoms with van der Waals surface area (Å²) >= 11 is 1.11. The lowest BCUT2D eigenvalue weighted by Gasteiger charge is -2.22. The van der Waals surface area contributed by atoms with Crippen LogP contribution in [0.3, 0.4) is 0 Å². The Balaban J connectivity index is 1.51. The number of rotatable bonds is 9. The Morgan fingerprint density at radius 3 is 2.29 bits per heavy atom. The van der Waals surface area contributed by atoms with E-state index in [0.29, 0.717) is 17.8 Å². The smallest absolute Gasteiger partial charge is 0.408 e. The van der Waals surface area contributed by atoms with Crippen molar-refractivity contribution >= 4 is 46.2 Å². The summed E-state index contributed by atoms with van der Waals surface area (Å²) in [5.41, 5.74) is 1.42. The number of ether oxygens (including phenoxy) is 1. The van der Waals surface area contributed by atoms with Crippen molar-refractivity contribution in [3.05, 3.63) is 76.8 Å². The number of amides is 4. The molecule has 3 rings (SSSR count). The van der Waals surface area contributed by atoms with Crippen LogP contribution in [0, 0.1) is 0 Å². The van der Waals surface area contributed by atoms with Gasteiger partial charge in [-0.05, 0) is 44.0 Å². The summed E-state index contributed by atoms with van der Waals surface area (Å²) < 4.78 is 5.12. The number of thiazole rings is 1. The number of nitrogens with one attached hydrogen (secondary N) is 4. The molecule has 0 aliphatic heterocycles. The van der Waals surface area contributed by atoms with Gasteiger partial charge in [-0.3, -0.25) is 10.1 Å². The molecule has 38 heavy (non-hydrogen) atoms. The molecule has 0 spiro atoms. The van der Waals surface area contributed by atoms with E-state index in [1.54, 1.807) is 45.0 Å². The molecule has 2 aromatic carbocycles. The first-order chi connectivity index (χ1) is 18.0. The molecule has 0 aliphatic rings. The quantitative estimate of drug-likeness (QED) is 0.272. The van der Waals surface area contributed by atoms with Gasteiger partial charge in [0.2, 0.25) is 0 Å². The number of hydrogen-bond acceptors (Lipinski definition) is 7. The Bertz CT molecular complexity index is 1270. The number of hydrogen-bond donors (Lipinski definition) is 5. The second-order valence-electron chi connectivity index (χ2n) is 9.22. The lowest BCUT2D eigenvalue weighted by atomic mass is 10.1. The number of alkyl carbamates (subject to hydrolysis) is 1. The first-order valence-electron chi connectivity index (χ1n) is 11.7. The van der Waals surface area contributed by atoms with E-state index in [0.717, 1.165) is 16.9 Å². The zero-order chi connectivity index (χ0) is 27.7. The predicted octanol–water partition coefficient (Wildman–Crippen LogP) is 4.24. The predicted molar refractivity (Wildman–Crippen MR) is 143 cm³/mol. The summed E-state index contributed by atoms with van der Waals surface area (Å²) in [7, 11) is 0. The Morgan fingerprint density at radius 2 is 1.66 bits per heavy atom. The van der Waals surface area contributed by atoms with Crippen molar-refractivity contribution in [1.82, 2.24) is 15.6 Å². The van der Waals surface area contributed by atoms with Gasteiger partial charge in [0.05, 0.1) is 0 Å². The van der Waals surface area contributed by atoms with E-state index in [-0.39, 0.29) is 17.2 Å². The summed E-state index contributed by atoms with van der Waals surface area (Å²) in [5.74, 6) is -1.67. The summed E-state index contributed by atoms with van der Waals surface area (Å²) in [5, 5.41) is 21.6. The summed E-state index contributed by atoms with van der Waals surface area (Å²) in [4.78, 5) is 52.4. The number of benzene rings is 2. The molecule has 3 aromatic rings. The van der Waals surface area contributed by atoms with Gasteiger partial charge in [-0.1, -0.05) is 42.5 Å². The molecule has 1 aromatic heterocycles. The van der Waals surface area contributed by atoms with Crippen LogP contribution >= 0.6 is 11.3 Å². The summed E-state index contributed by atoms with van der Waals surface area (Å²) in [6.07, 6.45) is -0.796. The zero-order valence-corrected chi connectivity index (χ0v) is 21.9. The fourth-order valence-electron chi connectivity index (χ4n) is 3.16. The van der Waals surface area contributed by atoms with Crippen LogP contribution in [0.2, 0.25) is 0 Å². The molecule has 1 unspecified atom stereocenters. The highest BCUT2D eigenvalue weighted by atomic mass is 32.1. The molecule has 0 bridgehead atoms. The number of carbonyl (C=O) groups excluding carboxylic acids is 3. The molecule has 0 fully saturated rings. The van der Waals surface area contributed by atoms with E-state index >= 15 is 0 Å². The van der Waals surface area contributed by atoms with Crippen molar-refractivity contribution in [3.8, 4) is 0 Å². The molecule has 4 amide bonds. The van der Waals surface area contributed by atoms with Crippen molar-refractivity contribution in [2.75, 3.05) is 10.6 Å². The first kappa shape index (κ1) is 28.1. The van der Waals surface area contributed by atoms with Gasteiger partial charge in [0.25, 0.3) is 5.91 Å². The average Bonchev–Trinajstić information content (AvgIpc) is 3.31. The van der Waals surface area contributed by atoms with E-state index in [4.69, 9.17) is 4.74 Å². The summed E-state index contributed by atoms with van der Waals surface area (Å²) in [6, 6.07) is 14.3. The topological polar surface area (TPSA) is 159 Å². The highest BCUT2D eigenvalue weighted by Gasteiger charge is 2.24. The van der Waals surface area contributed by atoms with Crippen molar-refractivity contribution in [2.45, 2.75) is 45.4 Å². The number of urea groups is 1. The van der Waals surface area contributed by atoms with Crippen LogP contribution in [-0.2, 0) is 22.5 Å². The van der Waals surface area contributed by atoms with Crippen LogP contribution in [0.25, 0.3) is 0 Å². The minimum absolute atomic E-state index is 0.0241. The largest absolute Gasteiger partial charge is 0.480 e. The molecule has 0 aliphatic carbocycles. The lowest BCUT2D eigenvalue weighted by Crippen LogP contribution is -2.44. The number of anilines is 2. The minimum atomic E-state index is -1.20. The molecular weight excluding hydrogens is 510 g/mol.